The third kappa shape index (κ3) is 1.81. The van der Waals surface area contributed by atoms with Crippen LogP contribution in [0.1, 0.15) is 5.56 Å². The summed E-state index contributed by atoms with van der Waals surface area (Å²) >= 11 is 4.62. The summed E-state index contributed by atoms with van der Waals surface area (Å²) in [6, 6.07) is 6.20. The van der Waals surface area contributed by atoms with Gasteiger partial charge in [0.25, 0.3) is 5.69 Å². The van der Waals surface area contributed by atoms with Crippen LogP contribution >= 0.6 is 12.2 Å². The Morgan fingerprint density at radius 3 is 2.82 bits per heavy atom. The standard InChI is InChI=1S/C7H5NO2S/c9-8(10)7-3-1-2-6(4-7)5-11/h1-5H. The molecule has 0 radical (unpaired) electrons. The zero-order valence-electron chi connectivity index (χ0n) is 5.56. The third-order valence-electron chi connectivity index (χ3n) is 1.22. The predicted octanol–water partition coefficient (Wildman–Crippen LogP) is 1.94. The largest absolute Gasteiger partial charge is 0.270 e. The normalized spacial score (nSPS) is 9.09. The van der Waals surface area contributed by atoms with Crippen molar-refractivity contribution in [2.45, 2.75) is 0 Å². The Balaban J connectivity index is 3.10. The molecule has 0 amide bonds. The van der Waals surface area contributed by atoms with Crippen LogP contribution in [0, 0.1) is 10.1 Å². The fourth-order valence-electron chi connectivity index (χ4n) is 0.712. The summed E-state index contributed by atoms with van der Waals surface area (Å²) in [6.07, 6.45) is 0. The smallest absolute Gasteiger partial charge is 0.258 e. The third-order valence-corrected chi connectivity index (χ3v) is 1.49. The fourth-order valence-corrected chi connectivity index (χ4v) is 0.858. The van der Waals surface area contributed by atoms with Crippen LogP contribution in [-0.4, -0.2) is 10.3 Å². The van der Waals surface area contributed by atoms with Gasteiger partial charge < -0.3 is 0 Å². The Labute approximate surface area is 68.8 Å². The van der Waals surface area contributed by atoms with E-state index in [9.17, 15) is 10.1 Å². The highest BCUT2D eigenvalue weighted by molar-refractivity contribution is 7.79. The van der Waals surface area contributed by atoms with E-state index in [1.165, 1.54) is 17.5 Å². The van der Waals surface area contributed by atoms with Gasteiger partial charge in [0.1, 0.15) is 0 Å². The van der Waals surface area contributed by atoms with E-state index >= 15 is 0 Å². The molecule has 0 N–H and O–H groups in total. The first-order chi connectivity index (χ1) is 5.24. The van der Waals surface area contributed by atoms with E-state index in [1.807, 2.05) is 0 Å². The average molecular weight is 167 g/mol. The van der Waals surface area contributed by atoms with Gasteiger partial charge in [0, 0.05) is 17.5 Å². The molecule has 1 rings (SSSR count). The van der Waals surface area contributed by atoms with E-state index in [4.69, 9.17) is 0 Å². The van der Waals surface area contributed by atoms with Gasteiger partial charge in [-0.15, -0.1) is 0 Å². The lowest BCUT2D eigenvalue weighted by Gasteiger charge is -1.91. The van der Waals surface area contributed by atoms with Crippen molar-refractivity contribution < 1.29 is 4.92 Å². The van der Waals surface area contributed by atoms with Crippen molar-refractivity contribution in [1.82, 2.24) is 0 Å². The maximum atomic E-state index is 10.2. The number of thiocarbonyl (C=S) groups is 1. The summed E-state index contributed by atoms with van der Waals surface area (Å²) in [7, 11) is 0. The summed E-state index contributed by atoms with van der Waals surface area (Å²) in [4.78, 5) is 9.78. The molecule has 4 heteroatoms. The minimum Gasteiger partial charge on any atom is -0.258 e. The minimum absolute atomic E-state index is 0.0728. The lowest BCUT2D eigenvalue weighted by Crippen LogP contribution is -1.88. The number of hydrogen-bond acceptors (Lipinski definition) is 3. The minimum atomic E-state index is -0.442. The lowest BCUT2D eigenvalue weighted by molar-refractivity contribution is -0.384. The molecule has 11 heavy (non-hydrogen) atoms. The molecule has 0 saturated carbocycles. The van der Waals surface area contributed by atoms with Crippen LogP contribution in [-0.2, 0) is 0 Å². The first-order valence-corrected chi connectivity index (χ1v) is 3.41. The van der Waals surface area contributed by atoms with Gasteiger partial charge in [-0.3, -0.25) is 10.1 Å². The number of hydrogen-bond donors (Lipinski definition) is 0. The molecular formula is C7H5NO2S. The number of rotatable bonds is 2. The summed E-state index contributed by atoms with van der Waals surface area (Å²) < 4.78 is 0. The van der Waals surface area contributed by atoms with Crippen LogP contribution in [0.4, 0.5) is 5.69 Å². The molecule has 0 bridgehead atoms. The number of nitrogens with zero attached hydrogens (tertiary/aromatic N) is 1. The lowest BCUT2D eigenvalue weighted by atomic mass is 10.2. The Morgan fingerprint density at radius 1 is 1.55 bits per heavy atom. The van der Waals surface area contributed by atoms with Crippen molar-refractivity contribution in [3.63, 3.8) is 0 Å². The molecule has 0 aliphatic heterocycles. The molecule has 0 atom stereocenters. The van der Waals surface area contributed by atoms with E-state index < -0.39 is 4.92 Å². The second kappa shape index (κ2) is 3.21. The fraction of sp³-hybridized carbons (Fsp3) is 0. The highest BCUT2D eigenvalue weighted by Crippen LogP contribution is 2.11. The molecule has 0 spiro atoms. The Morgan fingerprint density at radius 2 is 2.27 bits per heavy atom. The zero-order valence-corrected chi connectivity index (χ0v) is 6.38. The van der Waals surface area contributed by atoms with Gasteiger partial charge >= 0.3 is 0 Å². The second-order valence-corrected chi connectivity index (χ2v) is 2.21. The molecule has 0 aliphatic rings. The maximum Gasteiger partial charge on any atom is 0.270 e. The van der Waals surface area contributed by atoms with Crippen molar-refractivity contribution in [2.24, 2.45) is 0 Å². The van der Waals surface area contributed by atoms with E-state index in [1.54, 1.807) is 12.1 Å². The monoisotopic (exact) mass is 167 g/mol. The Kier molecular flexibility index (Phi) is 2.28. The summed E-state index contributed by atoms with van der Waals surface area (Å²) in [6.45, 7) is 0. The molecule has 0 unspecified atom stereocenters. The number of non-ortho nitro benzene ring substituents is 1. The molecular weight excluding hydrogens is 162 g/mol. The Bertz CT molecular complexity index is 298. The van der Waals surface area contributed by atoms with Crippen LogP contribution in [0.2, 0.25) is 0 Å². The number of nitro groups is 1. The topological polar surface area (TPSA) is 43.1 Å². The quantitative estimate of drug-likeness (QED) is 0.384. The maximum absolute atomic E-state index is 10.2. The summed E-state index contributed by atoms with van der Waals surface area (Å²) in [5.74, 6) is 0. The summed E-state index contributed by atoms with van der Waals surface area (Å²) in [5, 5.41) is 11.6. The van der Waals surface area contributed by atoms with Crippen molar-refractivity contribution >= 4 is 23.3 Å². The van der Waals surface area contributed by atoms with E-state index in [0.717, 1.165) is 0 Å². The first-order valence-electron chi connectivity index (χ1n) is 2.93. The second-order valence-electron chi connectivity index (χ2n) is 1.97. The van der Waals surface area contributed by atoms with Gasteiger partial charge in [0.05, 0.1) is 4.92 Å². The van der Waals surface area contributed by atoms with E-state index in [2.05, 4.69) is 12.2 Å². The molecule has 0 aliphatic carbocycles. The number of benzene rings is 1. The highest BCUT2D eigenvalue weighted by atomic mass is 32.1. The van der Waals surface area contributed by atoms with Crippen molar-refractivity contribution in [3.05, 3.63) is 39.9 Å². The van der Waals surface area contributed by atoms with Crippen LogP contribution < -0.4 is 0 Å². The Hall–Kier alpha value is -1.29. The molecule has 0 heterocycles. The van der Waals surface area contributed by atoms with Gasteiger partial charge in [-0.1, -0.05) is 24.4 Å². The molecule has 56 valence electrons. The van der Waals surface area contributed by atoms with Gasteiger partial charge in [0.2, 0.25) is 0 Å². The SMILES string of the molecule is O=[N+]([O-])c1cccc(C=S)c1. The molecule has 0 saturated heterocycles. The summed E-state index contributed by atoms with van der Waals surface area (Å²) in [5.41, 5.74) is 0.762. The van der Waals surface area contributed by atoms with Crippen LogP contribution in [0.15, 0.2) is 24.3 Å². The molecule has 1 aromatic carbocycles. The highest BCUT2D eigenvalue weighted by Gasteiger charge is 2.02. The van der Waals surface area contributed by atoms with Crippen molar-refractivity contribution in [3.8, 4) is 0 Å². The van der Waals surface area contributed by atoms with Crippen LogP contribution in [0.5, 0.6) is 0 Å². The molecule has 3 nitrogen and oxygen atoms in total. The number of nitro benzene ring substituents is 1. The zero-order chi connectivity index (χ0) is 8.27. The molecule has 0 fully saturated rings. The van der Waals surface area contributed by atoms with E-state index in [-0.39, 0.29) is 5.69 Å². The van der Waals surface area contributed by atoms with Gasteiger partial charge in [-0.05, 0) is 5.56 Å². The van der Waals surface area contributed by atoms with Crippen LogP contribution in [0.3, 0.4) is 0 Å². The van der Waals surface area contributed by atoms with Gasteiger partial charge in [-0.2, -0.15) is 0 Å². The average Bonchev–Trinajstić information content (AvgIpc) is 2.05. The first kappa shape index (κ1) is 7.81. The van der Waals surface area contributed by atoms with E-state index in [0.29, 0.717) is 5.56 Å². The van der Waals surface area contributed by atoms with Crippen LogP contribution in [0.25, 0.3) is 0 Å². The van der Waals surface area contributed by atoms with Crippen molar-refractivity contribution in [1.29, 1.82) is 0 Å². The predicted molar refractivity (Wildman–Crippen MR) is 45.9 cm³/mol. The van der Waals surface area contributed by atoms with Crippen molar-refractivity contribution in [2.75, 3.05) is 0 Å². The molecule has 0 aromatic heterocycles. The van der Waals surface area contributed by atoms with Gasteiger partial charge in [-0.25, -0.2) is 0 Å². The molecule has 1 aromatic rings. The van der Waals surface area contributed by atoms with Gasteiger partial charge in [0.15, 0.2) is 0 Å².